The number of thioether (sulfide) groups is 1. The lowest BCUT2D eigenvalue weighted by Crippen LogP contribution is -1.94. The highest BCUT2D eigenvalue weighted by Gasteiger charge is 2.04. The third kappa shape index (κ3) is 1.83. The number of allylic oxidation sites excluding steroid dienone is 1. The van der Waals surface area contributed by atoms with E-state index in [2.05, 4.69) is 41.8 Å². The van der Waals surface area contributed by atoms with Crippen LogP contribution in [0.2, 0.25) is 0 Å². The number of hydrogen-bond donors (Lipinski definition) is 1. The Morgan fingerprint density at radius 1 is 1.25 bits per heavy atom. The molecule has 1 aliphatic heterocycles. The van der Waals surface area contributed by atoms with Crippen molar-refractivity contribution in [1.29, 1.82) is 0 Å². The van der Waals surface area contributed by atoms with Crippen molar-refractivity contribution in [1.82, 2.24) is 5.32 Å². The molecule has 0 amide bonds. The monoisotopic (exact) mass is 177 g/mol. The van der Waals surface area contributed by atoms with Crippen LogP contribution in [0.3, 0.4) is 0 Å². The molecule has 62 valence electrons. The van der Waals surface area contributed by atoms with Crippen LogP contribution in [0.5, 0.6) is 0 Å². The lowest BCUT2D eigenvalue weighted by atomic mass is 10.1. The van der Waals surface area contributed by atoms with Crippen LogP contribution in [-0.2, 0) is 6.42 Å². The molecule has 0 saturated carbocycles. The smallest absolute Gasteiger partial charge is 0.0649 e. The molecule has 1 N–H and O–H groups in total. The Hall–Kier alpha value is -0.890. The summed E-state index contributed by atoms with van der Waals surface area (Å²) in [5.41, 5.74) is 1.39. The van der Waals surface area contributed by atoms with Crippen LogP contribution in [0.15, 0.2) is 41.4 Å². The third-order valence-corrected chi connectivity index (χ3v) is 2.77. The van der Waals surface area contributed by atoms with Crippen LogP contribution in [0, 0.1) is 0 Å². The maximum absolute atomic E-state index is 3.19. The first kappa shape index (κ1) is 7.74. The van der Waals surface area contributed by atoms with Gasteiger partial charge in [-0.2, -0.15) is 0 Å². The third-order valence-electron chi connectivity index (χ3n) is 1.83. The van der Waals surface area contributed by atoms with Gasteiger partial charge in [-0.05, 0) is 5.56 Å². The van der Waals surface area contributed by atoms with Gasteiger partial charge in [-0.25, -0.2) is 0 Å². The minimum Gasteiger partial charge on any atom is -0.381 e. The topological polar surface area (TPSA) is 12.0 Å². The van der Waals surface area contributed by atoms with Gasteiger partial charge in [0.1, 0.15) is 0 Å². The molecule has 0 radical (unpaired) electrons. The highest BCUT2D eigenvalue weighted by Crippen LogP contribution is 2.22. The number of nitrogens with one attached hydrogen (secondary N) is 1. The van der Waals surface area contributed by atoms with E-state index in [0.717, 1.165) is 12.3 Å². The summed E-state index contributed by atoms with van der Waals surface area (Å²) in [5.74, 6) is 1.03. The molecule has 1 nitrogen and oxygen atoms in total. The average molecular weight is 177 g/mol. The van der Waals surface area contributed by atoms with Crippen molar-refractivity contribution in [2.24, 2.45) is 0 Å². The van der Waals surface area contributed by atoms with Crippen molar-refractivity contribution < 1.29 is 0 Å². The highest BCUT2D eigenvalue weighted by atomic mass is 32.2. The van der Waals surface area contributed by atoms with Gasteiger partial charge in [0, 0.05) is 17.5 Å². The molecule has 12 heavy (non-hydrogen) atoms. The summed E-state index contributed by atoms with van der Waals surface area (Å²) in [5, 5.41) is 3.19. The van der Waals surface area contributed by atoms with Gasteiger partial charge in [-0.3, -0.25) is 0 Å². The zero-order valence-corrected chi connectivity index (χ0v) is 7.60. The van der Waals surface area contributed by atoms with E-state index in [1.54, 1.807) is 0 Å². The maximum atomic E-state index is 3.19. The van der Waals surface area contributed by atoms with E-state index in [1.807, 2.05) is 11.8 Å². The summed E-state index contributed by atoms with van der Waals surface area (Å²) in [7, 11) is 0. The molecular weight excluding hydrogens is 166 g/mol. The minimum atomic E-state index is 1.03. The summed E-state index contributed by atoms with van der Waals surface area (Å²) in [6.07, 6.45) is 3.18. The Balaban J connectivity index is 2.04. The Bertz CT molecular complexity index is 279. The molecule has 1 aliphatic rings. The zero-order valence-electron chi connectivity index (χ0n) is 6.79. The van der Waals surface area contributed by atoms with Crippen LogP contribution in [0.1, 0.15) is 5.56 Å². The minimum absolute atomic E-state index is 1.03. The number of rotatable bonds is 2. The summed E-state index contributed by atoms with van der Waals surface area (Å²) in [6.45, 7) is 0. The molecule has 1 aromatic carbocycles. The standard InChI is InChI=1S/C10H11NS/c1-2-4-9(5-3-1)6-10-7-11-8-12-10/h1-5,7,11H,6,8H2. The van der Waals surface area contributed by atoms with Crippen molar-refractivity contribution in [3.63, 3.8) is 0 Å². The van der Waals surface area contributed by atoms with Crippen LogP contribution < -0.4 is 5.32 Å². The van der Waals surface area contributed by atoms with Gasteiger partial charge in [0.2, 0.25) is 0 Å². The summed E-state index contributed by atoms with van der Waals surface area (Å²) >= 11 is 1.89. The normalized spacial score (nSPS) is 15.5. The van der Waals surface area contributed by atoms with Crippen molar-refractivity contribution in [3.05, 3.63) is 47.0 Å². The van der Waals surface area contributed by atoms with E-state index in [1.165, 1.54) is 10.5 Å². The molecular formula is C10H11NS. The fourth-order valence-electron chi connectivity index (χ4n) is 1.23. The molecule has 0 bridgehead atoms. The predicted molar refractivity (Wildman–Crippen MR) is 53.8 cm³/mol. The van der Waals surface area contributed by atoms with Crippen LogP contribution in [0.4, 0.5) is 0 Å². The SMILES string of the molecule is C1=C(Cc2ccccc2)SCN1. The van der Waals surface area contributed by atoms with Crippen LogP contribution in [-0.4, -0.2) is 5.88 Å². The van der Waals surface area contributed by atoms with E-state index in [9.17, 15) is 0 Å². The van der Waals surface area contributed by atoms with Gasteiger partial charge in [0.15, 0.2) is 0 Å². The second-order valence-electron chi connectivity index (χ2n) is 2.77. The van der Waals surface area contributed by atoms with E-state index in [0.29, 0.717) is 0 Å². The fraction of sp³-hybridized carbons (Fsp3) is 0.200. The molecule has 2 rings (SSSR count). The molecule has 0 aliphatic carbocycles. The van der Waals surface area contributed by atoms with Gasteiger partial charge in [-0.1, -0.05) is 30.3 Å². The first-order valence-corrected chi connectivity index (χ1v) is 5.03. The Morgan fingerprint density at radius 2 is 2.08 bits per heavy atom. The fourth-order valence-corrected chi connectivity index (χ4v) is 2.02. The van der Waals surface area contributed by atoms with Gasteiger partial charge < -0.3 is 5.32 Å². The Morgan fingerprint density at radius 3 is 2.75 bits per heavy atom. The van der Waals surface area contributed by atoms with Crippen molar-refractivity contribution in [2.45, 2.75) is 6.42 Å². The van der Waals surface area contributed by atoms with Crippen molar-refractivity contribution >= 4 is 11.8 Å². The van der Waals surface area contributed by atoms with E-state index < -0.39 is 0 Å². The summed E-state index contributed by atoms with van der Waals surface area (Å²) in [4.78, 5) is 1.43. The maximum Gasteiger partial charge on any atom is 0.0649 e. The summed E-state index contributed by atoms with van der Waals surface area (Å²) in [6, 6.07) is 10.6. The molecule has 1 aromatic rings. The second kappa shape index (κ2) is 3.68. The first-order valence-electron chi connectivity index (χ1n) is 4.04. The molecule has 1 heterocycles. The van der Waals surface area contributed by atoms with Crippen LogP contribution >= 0.6 is 11.8 Å². The number of benzene rings is 1. The summed E-state index contributed by atoms with van der Waals surface area (Å²) < 4.78 is 0. The van der Waals surface area contributed by atoms with E-state index in [4.69, 9.17) is 0 Å². The first-order chi connectivity index (χ1) is 5.95. The molecule has 0 unspecified atom stereocenters. The second-order valence-corrected chi connectivity index (χ2v) is 3.87. The van der Waals surface area contributed by atoms with E-state index >= 15 is 0 Å². The lowest BCUT2D eigenvalue weighted by Gasteiger charge is -1.99. The van der Waals surface area contributed by atoms with Gasteiger partial charge in [0.25, 0.3) is 0 Å². The highest BCUT2D eigenvalue weighted by molar-refractivity contribution is 8.03. The molecule has 0 spiro atoms. The van der Waals surface area contributed by atoms with Crippen molar-refractivity contribution in [2.75, 3.05) is 5.88 Å². The van der Waals surface area contributed by atoms with Gasteiger partial charge in [0.05, 0.1) is 5.88 Å². The Labute approximate surface area is 76.9 Å². The average Bonchev–Trinajstić information content (AvgIpc) is 2.59. The molecule has 0 saturated heterocycles. The molecule has 0 fully saturated rings. The van der Waals surface area contributed by atoms with Crippen molar-refractivity contribution in [3.8, 4) is 0 Å². The zero-order chi connectivity index (χ0) is 8.23. The lowest BCUT2D eigenvalue weighted by molar-refractivity contribution is 1.07. The van der Waals surface area contributed by atoms with Gasteiger partial charge in [-0.15, -0.1) is 11.8 Å². The predicted octanol–water partition coefficient (Wildman–Crippen LogP) is 2.36. The largest absolute Gasteiger partial charge is 0.381 e. The number of hydrogen-bond acceptors (Lipinski definition) is 2. The quantitative estimate of drug-likeness (QED) is 0.744. The van der Waals surface area contributed by atoms with Crippen LogP contribution in [0.25, 0.3) is 0 Å². The Kier molecular flexibility index (Phi) is 2.37. The molecule has 2 heteroatoms. The molecule has 0 atom stereocenters. The molecule has 0 aromatic heterocycles. The van der Waals surface area contributed by atoms with Gasteiger partial charge >= 0.3 is 0 Å². The van der Waals surface area contributed by atoms with E-state index in [-0.39, 0.29) is 0 Å².